The first kappa shape index (κ1) is 12.5. The number of aliphatic carboxylic acids is 1. The van der Waals surface area contributed by atoms with Crippen LogP contribution in [0.25, 0.3) is 0 Å². The maximum Gasteiger partial charge on any atom is 0.441 e. The van der Waals surface area contributed by atoms with E-state index in [9.17, 15) is 23.5 Å². The van der Waals surface area contributed by atoms with E-state index in [0.717, 1.165) is 6.07 Å². The van der Waals surface area contributed by atoms with Crippen molar-refractivity contribution >= 4 is 11.8 Å². The quantitative estimate of drug-likeness (QED) is 0.805. The molecule has 0 heterocycles. The molecule has 4 nitrogen and oxygen atoms in total. The Hall–Kier alpha value is -1.98. The van der Waals surface area contributed by atoms with Crippen molar-refractivity contribution in [2.75, 3.05) is 0 Å². The number of carboxylic acid groups (broad SMARTS) is 1. The van der Waals surface area contributed by atoms with Gasteiger partial charge in [-0.1, -0.05) is 0 Å². The molecule has 18 heavy (non-hydrogen) atoms. The van der Waals surface area contributed by atoms with Crippen LogP contribution in [0.5, 0.6) is 5.75 Å². The van der Waals surface area contributed by atoms with Crippen LogP contribution in [0, 0.1) is 0 Å². The van der Waals surface area contributed by atoms with Gasteiger partial charge >= 0.3 is 6.11 Å². The molecule has 0 amide bonds. The highest BCUT2D eigenvalue weighted by atomic mass is 19.3. The number of rotatable bonds is 3. The summed E-state index contributed by atoms with van der Waals surface area (Å²) in [6.07, 6.45) is -2.73. The summed E-state index contributed by atoms with van der Waals surface area (Å²) in [4.78, 5) is 21.6. The first-order valence-electron chi connectivity index (χ1n) is 5.34. The molecule has 0 atom stereocenters. The average Bonchev–Trinajstić information content (AvgIpc) is 2.28. The number of carboxylic acids is 1. The number of Topliss-reactive ketones (excluding diaryl/α,β-unsaturated/α-hetero) is 1. The lowest BCUT2D eigenvalue weighted by Crippen LogP contribution is -2.45. The molecule has 1 aromatic carbocycles. The maximum atomic E-state index is 12.8. The number of ketones is 1. The van der Waals surface area contributed by atoms with Crippen LogP contribution < -0.4 is 9.84 Å². The molecule has 0 unspecified atom stereocenters. The lowest BCUT2D eigenvalue weighted by atomic mass is 9.90. The standard InChI is InChI=1S/C12H10F2O4/c13-12(14,11(16)17)18-8-4-5-9-7(6-8)2-1-3-10(9)15/h4-6H,1-3H2,(H,16,17)/p-1. The van der Waals surface area contributed by atoms with Crippen molar-refractivity contribution in [1.29, 1.82) is 0 Å². The second kappa shape index (κ2) is 4.36. The molecule has 0 fully saturated rings. The third-order valence-corrected chi connectivity index (χ3v) is 2.71. The number of benzene rings is 1. The molecule has 96 valence electrons. The normalized spacial score (nSPS) is 15.1. The largest absolute Gasteiger partial charge is 0.541 e. The van der Waals surface area contributed by atoms with Crippen LogP contribution in [0.1, 0.15) is 28.8 Å². The zero-order chi connectivity index (χ0) is 13.3. The number of carbonyl (C=O) groups is 2. The molecule has 6 heteroatoms. The molecule has 0 saturated heterocycles. The molecule has 0 radical (unpaired) electrons. The minimum atomic E-state index is -4.38. The summed E-state index contributed by atoms with van der Waals surface area (Å²) in [5.74, 6) is -2.94. The average molecular weight is 255 g/mol. The van der Waals surface area contributed by atoms with Gasteiger partial charge in [0.1, 0.15) is 5.75 Å². The van der Waals surface area contributed by atoms with E-state index in [1.165, 1.54) is 12.1 Å². The summed E-state index contributed by atoms with van der Waals surface area (Å²) in [5, 5.41) is 10.1. The smallest absolute Gasteiger partial charge is 0.441 e. The van der Waals surface area contributed by atoms with Crippen molar-refractivity contribution in [2.24, 2.45) is 0 Å². The summed E-state index contributed by atoms with van der Waals surface area (Å²) in [6, 6.07) is 3.79. The second-order valence-corrected chi connectivity index (χ2v) is 4.00. The van der Waals surface area contributed by atoms with Crippen molar-refractivity contribution in [3.05, 3.63) is 29.3 Å². The van der Waals surface area contributed by atoms with Crippen molar-refractivity contribution in [1.82, 2.24) is 0 Å². The topological polar surface area (TPSA) is 66.4 Å². The fraction of sp³-hybridized carbons (Fsp3) is 0.333. The number of fused-ring (bicyclic) bond motifs is 1. The van der Waals surface area contributed by atoms with Gasteiger partial charge in [-0.3, -0.25) is 4.79 Å². The number of halogens is 2. The fourth-order valence-corrected chi connectivity index (χ4v) is 1.88. The molecule has 1 aliphatic carbocycles. The van der Waals surface area contributed by atoms with Crippen molar-refractivity contribution in [3.8, 4) is 5.75 Å². The number of hydrogen-bond donors (Lipinski definition) is 0. The molecule has 0 bridgehead atoms. The van der Waals surface area contributed by atoms with Crippen LogP contribution in [-0.4, -0.2) is 17.9 Å². The van der Waals surface area contributed by atoms with Gasteiger partial charge in [-0.15, -0.1) is 0 Å². The number of aryl methyl sites for hydroxylation is 1. The molecule has 0 aromatic heterocycles. The van der Waals surface area contributed by atoms with Gasteiger partial charge in [0.2, 0.25) is 0 Å². The van der Waals surface area contributed by atoms with Crippen LogP contribution in [0.4, 0.5) is 8.78 Å². The molecule has 0 N–H and O–H groups in total. The van der Waals surface area contributed by atoms with E-state index in [4.69, 9.17) is 0 Å². The van der Waals surface area contributed by atoms with E-state index in [-0.39, 0.29) is 11.5 Å². The zero-order valence-corrected chi connectivity index (χ0v) is 9.24. The summed E-state index contributed by atoms with van der Waals surface area (Å²) in [7, 11) is 0. The van der Waals surface area contributed by atoms with Gasteiger partial charge in [0.15, 0.2) is 11.8 Å². The summed E-state index contributed by atoms with van der Waals surface area (Å²) in [6.45, 7) is 0. The van der Waals surface area contributed by atoms with Crippen LogP contribution in [0.3, 0.4) is 0 Å². The molecule has 0 spiro atoms. The van der Waals surface area contributed by atoms with E-state index >= 15 is 0 Å². The third-order valence-electron chi connectivity index (χ3n) is 2.71. The highest BCUT2D eigenvalue weighted by Gasteiger charge is 2.34. The number of hydrogen-bond acceptors (Lipinski definition) is 4. The molecule has 1 aliphatic rings. The van der Waals surface area contributed by atoms with Crippen molar-refractivity contribution in [3.63, 3.8) is 0 Å². The lowest BCUT2D eigenvalue weighted by molar-refractivity contribution is -0.350. The summed E-state index contributed by atoms with van der Waals surface area (Å²) < 4.78 is 29.6. The Kier molecular flexibility index (Phi) is 3.02. The first-order chi connectivity index (χ1) is 8.40. The van der Waals surface area contributed by atoms with E-state index in [0.29, 0.717) is 30.4 Å². The van der Waals surface area contributed by atoms with Crippen LogP contribution in [0.2, 0.25) is 0 Å². The van der Waals surface area contributed by atoms with Gasteiger partial charge in [0.05, 0.1) is 0 Å². The van der Waals surface area contributed by atoms with Gasteiger partial charge in [-0.25, -0.2) is 0 Å². The van der Waals surface area contributed by atoms with Gasteiger partial charge < -0.3 is 14.6 Å². The minimum absolute atomic E-state index is 0.0468. The number of alkyl halides is 2. The summed E-state index contributed by atoms with van der Waals surface area (Å²) >= 11 is 0. The highest BCUT2D eigenvalue weighted by molar-refractivity contribution is 5.98. The van der Waals surface area contributed by atoms with Crippen LogP contribution >= 0.6 is 0 Å². The maximum absolute atomic E-state index is 12.8. The fourth-order valence-electron chi connectivity index (χ4n) is 1.88. The Labute approximate surface area is 101 Å². The number of ether oxygens (including phenoxy) is 1. The molecule has 1 aromatic rings. The summed E-state index contributed by atoms with van der Waals surface area (Å²) in [5.41, 5.74) is 1.07. The van der Waals surface area contributed by atoms with E-state index in [1.807, 2.05) is 0 Å². The lowest BCUT2D eigenvalue weighted by Gasteiger charge is -2.20. The monoisotopic (exact) mass is 255 g/mol. The Morgan fingerprint density at radius 3 is 2.72 bits per heavy atom. The molecular formula is C12H9F2O4-. The van der Waals surface area contributed by atoms with Crippen LogP contribution in [-0.2, 0) is 11.2 Å². The van der Waals surface area contributed by atoms with Gasteiger partial charge in [-0.05, 0) is 36.6 Å². The molecule has 2 rings (SSSR count). The van der Waals surface area contributed by atoms with Crippen LogP contribution in [0.15, 0.2) is 18.2 Å². The van der Waals surface area contributed by atoms with Gasteiger partial charge in [0.25, 0.3) is 0 Å². The van der Waals surface area contributed by atoms with E-state index < -0.39 is 12.1 Å². The third kappa shape index (κ3) is 2.32. The molecular weight excluding hydrogens is 246 g/mol. The SMILES string of the molecule is O=C1CCCc2cc(OC(F)(F)C(=O)[O-])ccc21. The predicted molar refractivity (Wildman–Crippen MR) is 54.3 cm³/mol. The van der Waals surface area contributed by atoms with E-state index in [1.54, 1.807) is 0 Å². The first-order valence-corrected chi connectivity index (χ1v) is 5.34. The van der Waals surface area contributed by atoms with Crippen molar-refractivity contribution in [2.45, 2.75) is 25.4 Å². The Morgan fingerprint density at radius 1 is 1.33 bits per heavy atom. The van der Waals surface area contributed by atoms with Gasteiger partial charge in [0, 0.05) is 12.0 Å². The minimum Gasteiger partial charge on any atom is -0.541 e. The second-order valence-electron chi connectivity index (χ2n) is 4.00. The Balaban J connectivity index is 2.27. The predicted octanol–water partition coefficient (Wildman–Crippen LogP) is 0.927. The number of carbonyl (C=O) groups excluding carboxylic acids is 2. The Bertz CT molecular complexity index is 511. The molecule has 0 aliphatic heterocycles. The van der Waals surface area contributed by atoms with Crippen molar-refractivity contribution < 1.29 is 28.2 Å². The Morgan fingerprint density at radius 2 is 2.06 bits per heavy atom. The zero-order valence-electron chi connectivity index (χ0n) is 9.24. The van der Waals surface area contributed by atoms with Gasteiger partial charge in [-0.2, -0.15) is 8.78 Å². The molecule has 0 saturated carbocycles. The van der Waals surface area contributed by atoms with E-state index in [2.05, 4.69) is 4.74 Å². The highest BCUT2D eigenvalue weighted by Crippen LogP contribution is 2.28.